The molecule has 3 fully saturated rings. The van der Waals surface area contributed by atoms with E-state index in [1.54, 1.807) is 6.92 Å². The van der Waals surface area contributed by atoms with Crippen molar-refractivity contribution in [2.45, 2.75) is 63.6 Å². The Labute approximate surface area is 148 Å². The number of halogens is 1. The van der Waals surface area contributed by atoms with Gasteiger partial charge in [-0.15, -0.1) is 12.4 Å². The number of piperidine rings is 1. The van der Waals surface area contributed by atoms with E-state index in [-0.39, 0.29) is 30.3 Å². The largest absolute Gasteiger partial charge is 0.350 e. The monoisotopic (exact) mass is 358 g/mol. The van der Waals surface area contributed by atoms with Crippen molar-refractivity contribution >= 4 is 30.3 Å². The summed E-state index contributed by atoms with van der Waals surface area (Å²) in [4.78, 5) is 38.6. The maximum Gasteiger partial charge on any atom is 0.325 e. The second-order valence-electron chi connectivity index (χ2n) is 7.16. The van der Waals surface area contributed by atoms with E-state index >= 15 is 0 Å². The van der Waals surface area contributed by atoms with Crippen LogP contribution in [0.25, 0.3) is 0 Å². The highest BCUT2D eigenvalue weighted by atomic mass is 35.5. The first-order valence-electron chi connectivity index (χ1n) is 8.61. The lowest BCUT2D eigenvalue weighted by Crippen LogP contribution is -2.56. The number of hydrogen-bond donors (Lipinski definition) is 3. The molecule has 1 aliphatic carbocycles. The van der Waals surface area contributed by atoms with E-state index < -0.39 is 17.6 Å². The van der Waals surface area contributed by atoms with Crippen molar-refractivity contribution in [3.63, 3.8) is 0 Å². The summed E-state index contributed by atoms with van der Waals surface area (Å²) in [6.07, 6.45) is 4.22. The molecule has 0 aromatic rings. The zero-order valence-corrected chi connectivity index (χ0v) is 15.1. The van der Waals surface area contributed by atoms with Crippen molar-refractivity contribution in [1.29, 1.82) is 0 Å². The van der Waals surface area contributed by atoms with E-state index in [1.807, 2.05) is 0 Å². The van der Waals surface area contributed by atoms with Crippen LogP contribution in [0.1, 0.15) is 46.0 Å². The summed E-state index contributed by atoms with van der Waals surface area (Å²) in [5.74, 6) is -0.113. The maximum absolute atomic E-state index is 12.7. The van der Waals surface area contributed by atoms with Gasteiger partial charge in [-0.2, -0.15) is 0 Å². The quantitative estimate of drug-likeness (QED) is 0.650. The Morgan fingerprint density at radius 2 is 2.00 bits per heavy atom. The number of hydrogen-bond acceptors (Lipinski definition) is 4. The first-order chi connectivity index (χ1) is 10.9. The molecule has 0 bridgehead atoms. The van der Waals surface area contributed by atoms with Gasteiger partial charge in [0.2, 0.25) is 5.91 Å². The maximum atomic E-state index is 12.7. The normalized spacial score (nSPS) is 30.0. The third-order valence-electron chi connectivity index (χ3n) is 5.57. The minimum Gasteiger partial charge on any atom is -0.350 e. The van der Waals surface area contributed by atoms with E-state index in [0.29, 0.717) is 18.8 Å². The van der Waals surface area contributed by atoms with Gasteiger partial charge in [0, 0.05) is 12.6 Å². The fourth-order valence-corrected chi connectivity index (χ4v) is 3.91. The zero-order chi connectivity index (χ0) is 16.6. The number of amides is 4. The van der Waals surface area contributed by atoms with Gasteiger partial charge in [0.15, 0.2) is 0 Å². The number of carbonyl (C=O) groups is 3. The molecular weight excluding hydrogens is 332 g/mol. The summed E-state index contributed by atoms with van der Waals surface area (Å²) in [7, 11) is 0. The topological polar surface area (TPSA) is 90.5 Å². The molecule has 1 spiro atoms. The van der Waals surface area contributed by atoms with E-state index in [0.717, 1.165) is 37.3 Å². The van der Waals surface area contributed by atoms with Gasteiger partial charge in [-0.1, -0.05) is 19.8 Å². The van der Waals surface area contributed by atoms with Crippen LogP contribution >= 0.6 is 12.4 Å². The number of carbonyl (C=O) groups excluding carboxylic acids is 3. The van der Waals surface area contributed by atoms with E-state index in [4.69, 9.17) is 0 Å². The second kappa shape index (κ2) is 7.27. The van der Waals surface area contributed by atoms with Crippen molar-refractivity contribution in [3.8, 4) is 0 Å². The minimum atomic E-state index is -0.781. The Kier molecular flexibility index (Phi) is 5.75. The fraction of sp³-hybridized carbons (Fsp3) is 0.812. The van der Waals surface area contributed by atoms with Crippen molar-refractivity contribution in [2.24, 2.45) is 5.92 Å². The van der Waals surface area contributed by atoms with Crippen LogP contribution in [0.15, 0.2) is 0 Å². The second-order valence-corrected chi connectivity index (χ2v) is 7.16. The smallest absolute Gasteiger partial charge is 0.325 e. The molecule has 2 saturated heterocycles. The Hall–Kier alpha value is -1.34. The van der Waals surface area contributed by atoms with Gasteiger partial charge < -0.3 is 16.0 Å². The highest BCUT2D eigenvalue weighted by Gasteiger charge is 2.54. The zero-order valence-electron chi connectivity index (χ0n) is 14.3. The summed E-state index contributed by atoms with van der Waals surface area (Å²) in [5.41, 5.74) is -0.759. The van der Waals surface area contributed by atoms with Gasteiger partial charge in [-0.25, -0.2) is 9.69 Å². The average Bonchev–Trinajstić information content (AvgIpc) is 3.07. The van der Waals surface area contributed by atoms with Crippen LogP contribution in [-0.4, -0.2) is 53.5 Å². The van der Waals surface area contributed by atoms with Gasteiger partial charge in [0.1, 0.15) is 11.6 Å². The summed E-state index contributed by atoms with van der Waals surface area (Å²) in [5, 5.41) is 9.07. The first kappa shape index (κ1) is 19.0. The summed E-state index contributed by atoms with van der Waals surface area (Å²) in [6.45, 7) is 5.42. The van der Waals surface area contributed by atoms with Gasteiger partial charge >= 0.3 is 6.03 Å². The molecule has 4 amide bonds. The molecule has 0 radical (unpaired) electrons. The third kappa shape index (κ3) is 3.24. The molecule has 3 rings (SSSR count). The molecule has 2 heterocycles. The molecule has 3 N–H and O–H groups in total. The average molecular weight is 359 g/mol. The van der Waals surface area contributed by atoms with Gasteiger partial charge in [-0.3, -0.25) is 9.59 Å². The number of nitrogens with one attached hydrogen (secondary N) is 3. The molecule has 136 valence electrons. The molecule has 7 nitrogen and oxygen atoms in total. The predicted molar refractivity (Wildman–Crippen MR) is 91.9 cm³/mol. The van der Waals surface area contributed by atoms with Crippen molar-refractivity contribution in [3.05, 3.63) is 0 Å². The lowest BCUT2D eigenvalue weighted by molar-refractivity contribution is -0.138. The molecule has 1 saturated carbocycles. The van der Waals surface area contributed by atoms with Crippen LogP contribution in [0.5, 0.6) is 0 Å². The molecule has 3 unspecified atom stereocenters. The summed E-state index contributed by atoms with van der Waals surface area (Å²) in [6, 6.07) is -1.18. The molecule has 8 heteroatoms. The number of nitrogens with zero attached hydrogens (tertiary/aromatic N) is 1. The lowest BCUT2D eigenvalue weighted by Gasteiger charge is -2.32. The molecule has 2 aliphatic heterocycles. The van der Waals surface area contributed by atoms with Gasteiger partial charge in [-0.05, 0) is 38.6 Å². The molecular formula is C16H27ClN4O3. The highest BCUT2D eigenvalue weighted by molar-refractivity contribution is 6.10. The fourth-order valence-electron chi connectivity index (χ4n) is 3.91. The van der Waals surface area contributed by atoms with Crippen LogP contribution < -0.4 is 16.0 Å². The van der Waals surface area contributed by atoms with E-state index in [2.05, 4.69) is 22.9 Å². The number of imide groups is 1. The Bertz CT molecular complexity index is 521. The van der Waals surface area contributed by atoms with Crippen LogP contribution in [0, 0.1) is 5.92 Å². The highest BCUT2D eigenvalue weighted by Crippen LogP contribution is 2.35. The number of urea groups is 1. The van der Waals surface area contributed by atoms with Crippen molar-refractivity contribution in [1.82, 2.24) is 20.9 Å². The molecule has 3 atom stereocenters. The SMILES string of the molecule is CC1CCNCC1NC(=O)C(C)N1C(=O)NC2(CCCC2)C1=O.Cl. The molecule has 0 aromatic carbocycles. The molecule has 24 heavy (non-hydrogen) atoms. The van der Waals surface area contributed by atoms with E-state index in [9.17, 15) is 14.4 Å². The van der Waals surface area contributed by atoms with Gasteiger partial charge in [0.05, 0.1) is 0 Å². The van der Waals surface area contributed by atoms with Crippen LogP contribution in [0.3, 0.4) is 0 Å². The third-order valence-corrected chi connectivity index (χ3v) is 5.57. The Morgan fingerprint density at radius 1 is 1.33 bits per heavy atom. The summed E-state index contributed by atoms with van der Waals surface area (Å²) >= 11 is 0. The summed E-state index contributed by atoms with van der Waals surface area (Å²) < 4.78 is 0. The van der Waals surface area contributed by atoms with Crippen LogP contribution in [0.2, 0.25) is 0 Å². The number of rotatable bonds is 3. The standard InChI is InChI=1S/C16H26N4O3.ClH/c1-10-5-8-17-9-12(10)18-13(21)11(2)20-14(22)16(19-15(20)23)6-3-4-7-16;/h10-12,17H,3-9H2,1-2H3,(H,18,21)(H,19,23);1H. The van der Waals surface area contributed by atoms with Crippen LogP contribution in [-0.2, 0) is 9.59 Å². The van der Waals surface area contributed by atoms with Gasteiger partial charge in [0.25, 0.3) is 5.91 Å². The minimum absolute atomic E-state index is 0. The molecule has 3 aliphatic rings. The lowest BCUT2D eigenvalue weighted by atomic mass is 9.94. The first-order valence-corrected chi connectivity index (χ1v) is 8.61. The Morgan fingerprint density at radius 3 is 2.62 bits per heavy atom. The van der Waals surface area contributed by atoms with Crippen molar-refractivity contribution in [2.75, 3.05) is 13.1 Å². The Balaban J connectivity index is 0.00000208. The van der Waals surface area contributed by atoms with Crippen molar-refractivity contribution < 1.29 is 14.4 Å². The molecule has 0 aromatic heterocycles. The van der Waals surface area contributed by atoms with E-state index in [1.165, 1.54) is 0 Å². The predicted octanol–water partition coefficient (Wildman–Crippen LogP) is 0.776. The van der Waals surface area contributed by atoms with Crippen LogP contribution in [0.4, 0.5) is 4.79 Å².